The molecule has 0 atom stereocenters. The highest BCUT2D eigenvalue weighted by molar-refractivity contribution is 5.93. The van der Waals surface area contributed by atoms with Crippen LogP contribution in [0.5, 0.6) is 0 Å². The van der Waals surface area contributed by atoms with Gasteiger partial charge in [-0.3, -0.25) is 5.10 Å². The molecular weight excluding hydrogens is 354 g/mol. The van der Waals surface area contributed by atoms with E-state index in [1.54, 1.807) is 18.2 Å². The van der Waals surface area contributed by atoms with E-state index in [4.69, 9.17) is 17.2 Å². The van der Waals surface area contributed by atoms with Gasteiger partial charge in [-0.1, -0.05) is 18.2 Å². The van der Waals surface area contributed by atoms with E-state index >= 15 is 0 Å². The number of aromatic amines is 1. The minimum Gasteiger partial charge on any atom is -0.393 e. The van der Waals surface area contributed by atoms with E-state index in [-0.39, 0.29) is 46.5 Å². The van der Waals surface area contributed by atoms with Crippen LogP contribution in [0.2, 0.25) is 0 Å². The fourth-order valence-corrected chi connectivity index (χ4v) is 2.81. The van der Waals surface area contributed by atoms with Crippen LogP contribution in [0.3, 0.4) is 0 Å². The third kappa shape index (κ3) is 2.76. The highest BCUT2D eigenvalue weighted by atomic mass is 19.1. The Bertz CT molecular complexity index is 1150. The van der Waals surface area contributed by atoms with Gasteiger partial charge >= 0.3 is 0 Å². The number of halogens is 2. The van der Waals surface area contributed by atoms with Crippen LogP contribution in [0.15, 0.2) is 30.5 Å². The van der Waals surface area contributed by atoms with E-state index in [0.29, 0.717) is 10.9 Å². The van der Waals surface area contributed by atoms with Crippen molar-refractivity contribution < 1.29 is 8.78 Å². The standard InChI is InChI=1S/C17H14F2N8/c18-9-4-2-1-3-7(9)5-8-10(19)6-23-16-11(8)13(26-27-16)17-24-14(21)12(20)15(22)25-17/h1-4,6H,5,20H2,(H,23,26,27)(H4,21,22,24,25). The molecule has 0 spiro atoms. The quantitative estimate of drug-likeness (QED) is 0.433. The van der Waals surface area contributed by atoms with Crippen molar-refractivity contribution in [1.82, 2.24) is 25.1 Å². The van der Waals surface area contributed by atoms with Crippen LogP contribution < -0.4 is 17.2 Å². The number of hydrogen-bond donors (Lipinski definition) is 4. The molecule has 4 aromatic rings. The Labute approximate surface area is 151 Å². The maximum Gasteiger partial charge on any atom is 0.182 e. The summed E-state index contributed by atoms with van der Waals surface area (Å²) in [5.41, 5.74) is 18.3. The molecule has 1 aromatic carbocycles. The average molecular weight is 368 g/mol. The Morgan fingerprint density at radius 1 is 0.963 bits per heavy atom. The molecule has 3 aromatic heterocycles. The summed E-state index contributed by atoms with van der Waals surface area (Å²) >= 11 is 0. The first-order chi connectivity index (χ1) is 13.0. The van der Waals surface area contributed by atoms with Crippen LogP contribution >= 0.6 is 0 Å². The minimum atomic E-state index is -0.607. The maximum absolute atomic E-state index is 14.6. The number of rotatable bonds is 3. The van der Waals surface area contributed by atoms with Crippen LogP contribution in [0, 0.1) is 11.6 Å². The molecule has 0 saturated carbocycles. The summed E-state index contributed by atoms with van der Waals surface area (Å²) in [6.45, 7) is 0. The number of nitrogens with one attached hydrogen (secondary N) is 1. The molecule has 0 radical (unpaired) electrons. The normalized spacial score (nSPS) is 11.2. The number of nitrogens with two attached hydrogens (primary N) is 3. The van der Waals surface area contributed by atoms with Crippen LogP contribution in [0.25, 0.3) is 22.6 Å². The van der Waals surface area contributed by atoms with Gasteiger partial charge in [0, 0.05) is 12.0 Å². The Morgan fingerprint density at radius 2 is 1.67 bits per heavy atom. The summed E-state index contributed by atoms with van der Waals surface area (Å²) in [6, 6.07) is 6.13. The van der Waals surface area contributed by atoms with Crippen LogP contribution in [-0.2, 0) is 6.42 Å². The van der Waals surface area contributed by atoms with Crippen molar-refractivity contribution in [1.29, 1.82) is 0 Å². The van der Waals surface area contributed by atoms with Gasteiger partial charge in [-0.2, -0.15) is 5.10 Å². The predicted octanol–water partition coefficient (Wildman–Crippen LogP) is 2.03. The van der Waals surface area contributed by atoms with Gasteiger partial charge in [0.1, 0.15) is 23.0 Å². The van der Waals surface area contributed by atoms with Crippen LogP contribution in [0.1, 0.15) is 11.1 Å². The second-order valence-corrected chi connectivity index (χ2v) is 5.88. The zero-order valence-corrected chi connectivity index (χ0v) is 13.9. The van der Waals surface area contributed by atoms with E-state index in [2.05, 4.69) is 25.1 Å². The number of fused-ring (bicyclic) bond motifs is 1. The number of benzene rings is 1. The fraction of sp³-hybridized carbons (Fsp3) is 0.0588. The zero-order valence-electron chi connectivity index (χ0n) is 13.9. The molecule has 136 valence electrons. The minimum absolute atomic E-state index is 0.00992. The second-order valence-electron chi connectivity index (χ2n) is 5.88. The highest BCUT2D eigenvalue weighted by Crippen LogP contribution is 2.31. The van der Waals surface area contributed by atoms with Gasteiger partial charge in [-0.15, -0.1) is 0 Å². The third-order valence-corrected chi connectivity index (χ3v) is 4.19. The lowest BCUT2D eigenvalue weighted by atomic mass is 10.0. The van der Waals surface area contributed by atoms with E-state index in [1.807, 2.05) is 0 Å². The number of anilines is 3. The van der Waals surface area contributed by atoms with Gasteiger partial charge in [0.25, 0.3) is 0 Å². The average Bonchev–Trinajstić information content (AvgIpc) is 3.07. The molecule has 27 heavy (non-hydrogen) atoms. The van der Waals surface area contributed by atoms with Crippen LogP contribution in [-0.4, -0.2) is 25.1 Å². The topological polar surface area (TPSA) is 145 Å². The van der Waals surface area contributed by atoms with Crippen molar-refractivity contribution >= 4 is 28.4 Å². The monoisotopic (exact) mass is 368 g/mol. The molecule has 0 fully saturated rings. The molecule has 0 amide bonds. The summed E-state index contributed by atoms with van der Waals surface area (Å²) in [5.74, 6) is -0.988. The van der Waals surface area contributed by atoms with E-state index < -0.39 is 11.6 Å². The Morgan fingerprint density at radius 3 is 2.37 bits per heavy atom. The van der Waals surface area contributed by atoms with Gasteiger partial charge in [0.2, 0.25) is 0 Å². The first kappa shape index (κ1) is 16.6. The number of nitrogens with zero attached hydrogens (tertiary/aromatic N) is 4. The number of aromatic nitrogens is 5. The number of hydrogen-bond acceptors (Lipinski definition) is 7. The molecule has 8 nitrogen and oxygen atoms in total. The summed E-state index contributed by atoms with van der Waals surface area (Å²) in [4.78, 5) is 12.1. The molecule has 0 unspecified atom stereocenters. The first-order valence-corrected chi connectivity index (χ1v) is 7.89. The van der Waals surface area contributed by atoms with E-state index in [9.17, 15) is 8.78 Å². The van der Waals surface area contributed by atoms with Crippen molar-refractivity contribution in [3.05, 3.63) is 53.2 Å². The van der Waals surface area contributed by atoms with Crippen LogP contribution in [0.4, 0.5) is 26.1 Å². The van der Waals surface area contributed by atoms with Crippen molar-refractivity contribution in [3.8, 4) is 11.5 Å². The van der Waals surface area contributed by atoms with E-state index in [1.165, 1.54) is 6.07 Å². The van der Waals surface area contributed by atoms with Gasteiger partial charge < -0.3 is 17.2 Å². The Kier molecular flexibility index (Phi) is 3.80. The molecule has 10 heteroatoms. The number of nitrogen functional groups attached to an aromatic ring is 3. The molecule has 0 bridgehead atoms. The molecule has 0 saturated heterocycles. The van der Waals surface area contributed by atoms with Gasteiger partial charge in [0.05, 0.1) is 11.6 Å². The fourth-order valence-electron chi connectivity index (χ4n) is 2.81. The van der Waals surface area contributed by atoms with Crippen molar-refractivity contribution in [2.24, 2.45) is 0 Å². The molecule has 3 heterocycles. The van der Waals surface area contributed by atoms with Crippen molar-refractivity contribution in [2.75, 3.05) is 17.2 Å². The number of pyridine rings is 1. The molecule has 0 aliphatic rings. The largest absolute Gasteiger partial charge is 0.393 e. The van der Waals surface area contributed by atoms with Gasteiger partial charge in [0.15, 0.2) is 23.1 Å². The maximum atomic E-state index is 14.6. The molecule has 0 aliphatic carbocycles. The summed E-state index contributed by atoms with van der Waals surface area (Å²) in [7, 11) is 0. The second kappa shape index (κ2) is 6.16. The smallest absolute Gasteiger partial charge is 0.182 e. The SMILES string of the molecule is Nc1nc(-c2[nH]nc3ncc(F)c(Cc4ccccc4F)c23)nc(N)c1N. The molecule has 4 rings (SSSR count). The Hall–Kier alpha value is -3.82. The van der Waals surface area contributed by atoms with Gasteiger partial charge in [-0.05, 0) is 11.6 Å². The summed E-state index contributed by atoms with van der Waals surface area (Å²) < 4.78 is 28.7. The lowest BCUT2D eigenvalue weighted by molar-refractivity contribution is 0.598. The first-order valence-electron chi connectivity index (χ1n) is 7.89. The summed E-state index contributed by atoms with van der Waals surface area (Å²) in [5, 5.41) is 7.10. The van der Waals surface area contributed by atoms with Crippen molar-refractivity contribution in [3.63, 3.8) is 0 Å². The Balaban J connectivity index is 1.94. The lowest BCUT2D eigenvalue weighted by Crippen LogP contribution is -2.07. The molecule has 0 aliphatic heterocycles. The van der Waals surface area contributed by atoms with E-state index in [0.717, 1.165) is 6.20 Å². The third-order valence-electron chi connectivity index (χ3n) is 4.19. The molecular formula is C17H14F2N8. The number of H-pyrrole nitrogens is 1. The van der Waals surface area contributed by atoms with Gasteiger partial charge in [-0.25, -0.2) is 23.7 Å². The summed E-state index contributed by atoms with van der Waals surface area (Å²) in [6.07, 6.45) is 1.03. The zero-order chi connectivity index (χ0) is 19.1. The highest BCUT2D eigenvalue weighted by Gasteiger charge is 2.21. The predicted molar refractivity (Wildman–Crippen MR) is 97.3 cm³/mol. The molecule has 7 N–H and O–H groups in total. The lowest BCUT2D eigenvalue weighted by Gasteiger charge is -2.09. The van der Waals surface area contributed by atoms with Crippen molar-refractivity contribution in [2.45, 2.75) is 6.42 Å².